The van der Waals surface area contributed by atoms with Gasteiger partial charge in [0.05, 0.1) is 12.7 Å². The third kappa shape index (κ3) is 7.19. The largest absolute Gasteiger partial charge is 0.482 e. The standard InChI is InChI=1S/C4H5NO.C3H5NO.C3H3NO/c1-2-4-6-5-3-1;2*1-2-5-3-4-1/h1-5H;3H,1-2H2;1-3H. The van der Waals surface area contributed by atoms with Gasteiger partial charge in [-0.25, -0.2) is 10.5 Å². The van der Waals surface area contributed by atoms with Gasteiger partial charge >= 0.3 is 0 Å². The normalized spacial score (nSPS) is 14.5. The molecule has 1 N–H and O–H groups in total. The van der Waals surface area contributed by atoms with Gasteiger partial charge in [-0.3, -0.25) is 4.99 Å². The molecule has 0 aliphatic carbocycles. The lowest BCUT2D eigenvalue weighted by atomic mass is 10.6. The predicted octanol–water partition coefficient (Wildman–Crippen LogP) is 1.27. The average molecular weight is 223 g/mol. The van der Waals surface area contributed by atoms with E-state index in [2.05, 4.69) is 29.4 Å². The highest BCUT2D eigenvalue weighted by molar-refractivity contribution is 5.47. The van der Waals surface area contributed by atoms with Crippen LogP contribution < -0.4 is 5.48 Å². The molecule has 0 aromatic carbocycles. The molecule has 0 saturated carbocycles. The number of aromatic nitrogens is 1. The molecule has 86 valence electrons. The number of rotatable bonds is 0. The molecule has 0 saturated heterocycles. The van der Waals surface area contributed by atoms with Crippen LogP contribution in [0.25, 0.3) is 0 Å². The van der Waals surface area contributed by atoms with Gasteiger partial charge < -0.3 is 14.0 Å². The van der Waals surface area contributed by atoms with Gasteiger partial charge in [0.1, 0.15) is 19.1 Å². The zero-order valence-corrected chi connectivity index (χ0v) is 8.65. The van der Waals surface area contributed by atoms with E-state index in [1.807, 2.05) is 6.08 Å². The lowest BCUT2D eigenvalue weighted by Gasteiger charge is -1.97. The van der Waals surface area contributed by atoms with Crippen molar-refractivity contribution in [3.8, 4) is 0 Å². The third-order valence-electron chi connectivity index (χ3n) is 1.32. The Balaban J connectivity index is 0.000000121. The molecule has 0 radical (unpaired) electrons. The Labute approximate surface area is 93.2 Å². The minimum Gasteiger partial charge on any atom is -0.482 e. The van der Waals surface area contributed by atoms with Gasteiger partial charge in [0.15, 0.2) is 12.8 Å². The van der Waals surface area contributed by atoms with E-state index in [0.29, 0.717) is 0 Å². The zero-order valence-electron chi connectivity index (χ0n) is 8.65. The summed E-state index contributed by atoms with van der Waals surface area (Å²) in [5.41, 5.74) is 2.52. The van der Waals surface area contributed by atoms with Crippen molar-refractivity contribution in [2.24, 2.45) is 4.99 Å². The van der Waals surface area contributed by atoms with E-state index in [4.69, 9.17) is 0 Å². The van der Waals surface area contributed by atoms with Crippen molar-refractivity contribution in [3.05, 3.63) is 43.5 Å². The summed E-state index contributed by atoms with van der Waals surface area (Å²) in [5.74, 6) is 0. The molecule has 0 unspecified atom stereocenters. The van der Waals surface area contributed by atoms with Crippen molar-refractivity contribution < 1.29 is 14.0 Å². The fourth-order valence-electron chi connectivity index (χ4n) is 0.697. The third-order valence-corrected chi connectivity index (χ3v) is 1.32. The van der Waals surface area contributed by atoms with E-state index >= 15 is 0 Å². The summed E-state index contributed by atoms with van der Waals surface area (Å²) in [6, 6.07) is 0. The van der Waals surface area contributed by atoms with Crippen LogP contribution in [0.1, 0.15) is 0 Å². The highest BCUT2D eigenvalue weighted by Crippen LogP contribution is 1.81. The van der Waals surface area contributed by atoms with Crippen LogP contribution >= 0.6 is 0 Å². The van der Waals surface area contributed by atoms with Gasteiger partial charge in [0, 0.05) is 6.20 Å². The number of hydroxylamine groups is 1. The van der Waals surface area contributed by atoms with Crippen LogP contribution in [0.4, 0.5) is 0 Å². The summed E-state index contributed by atoms with van der Waals surface area (Å²) in [4.78, 5) is 11.8. The minimum atomic E-state index is 0.778. The fraction of sp³-hybridized carbons (Fsp3) is 0.200. The molecule has 0 spiro atoms. The Hall–Kier alpha value is -2.24. The highest BCUT2D eigenvalue weighted by Gasteiger charge is 1.84. The first-order valence-corrected chi connectivity index (χ1v) is 4.65. The molecule has 0 atom stereocenters. The number of hydrogen-bond donors (Lipinski definition) is 1. The van der Waals surface area contributed by atoms with Crippen LogP contribution in [0.5, 0.6) is 0 Å². The summed E-state index contributed by atoms with van der Waals surface area (Å²) < 4.78 is 9.12. The molecule has 16 heavy (non-hydrogen) atoms. The van der Waals surface area contributed by atoms with Crippen molar-refractivity contribution in [3.63, 3.8) is 0 Å². The molecular weight excluding hydrogens is 210 g/mol. The maximum absolute atomic E-state index is 4.65. The van der Waals surface area contributed by atoms with Crippen molar-refractivity contribution in [1.82, 2.24) is 10.5 Å². The van der Waals surface area contributed by atoms with Crippen molar-refractivity contribution in [2.45, 2.75) is 0 Å². The van der Waals surface area contributed by atoms with Crippen molar-refractivity contribution in [2.75, 3.05) is 13.2 Å². The van der Waals surface area contributed by atoms with E-state index in [1.54, 1.807) is 24.7 Å². The number of ether oxygens (including phenoxy) is 1. The monoisotopic (exact) mass is 223 g/mol. The molecule has 6 nitrogen and oxygen atoms in total. The molecular formula is C10H13N3O3. The van der Waals surface area contributed by atoms with Crippen molar-refractivity contribution >= 4 is 6.40 Å². The van der Waals surface area contributed by atoms with E-state index < -0.39 is 0 Å². The molecule has 0 bridgehead atoms. The zero-order chi connectivity index (χ0) is 11.3. The second kappa shape index (κ2) is 9.32. The number of hydrogen-bond acceptors (Lipinski definition) is 6. The van der Waals surface area contributed by atoms with Crippen molar-refractivity contribution in [1.29, 1.82) is 0 Å². The smallest absolute Gasteiger partial charge is 0.180 e. The number of nitrogens with one attached hydrogen (secondary N) is 1. The number of nitrogens with zero attached hydrogens (tertiary/aromatic N) is 2. The molecule has 2 aliphatic heterocycles. The SMILES string of the molecule is C1=CNOC=C1.C1=NCCO1.c1cocn1. The van der Waals surface area contributed by atoms with Crippen LogP contribution in [0.15, 0.2) is 52.9 Å². The average Bonchev–Trinajstić information content (AvgIpc) is 3.10. The van der Waals surface area contributed by atoms with Crippen LogP contribution in [-0.4, -0.2) is 24.5 Å². The lowest BCUT2D eigenvalue weighted by molar-refractivity contribution is 0.172. The second-order valence-electron chi connectivity index (χ2n) is 2.48. The Bertz CT molecular complexity index is 285. The van der Waals surface area contributed by atoms with Crippen LogP contribution in [0.3, 0.4) is 0 Å². The van der Waals surface area contributed by atoms with E-state index in [0.717, 1.165) is 13.2 Å². The molecule has 1 aromatic rings. The van der Waals surface area contributed by atoms with E-state index in [1.165, 1.54) is 19.1 Å². The maximum atomic E-state index is 4.65. The lowest BCUT2D eigenvalue weighted by Crippen LogP contribution is -2.01. The fourth-order valence-corrected chi connectivity index (χ4v) is 0.697. The quantitative estimate of drug-likeness (QED) is 0.717. The predicted molar refractivity (Wildman–Crippen MR) is 58.3 cm³/mol. The highest BCUT2D eigenvalue weighted by atomic mass is 16.6. The topological polar surface area (TPSA) is 68.9 Å². The summed E-state index contributed by atoms with van der Waals surface area (Å²) in [7, 11) is 0. The van der Waals surface area contributed by atoms with Gasteiger partial charge in [-0.2, -0.15) is 0 Å². The Morgan fingerprint density at radius 2 is 2.25 bits per heavy atom. The van der Waals surface area contributed by atoms with Gasteiger partial charge in [0.2, 0.25) is 0 Å². The summed E-state index contributed by atoms with van der Waals surface area (Å²) in [6.45, 7) is 1.62. The first-order valence-electron chi connectivity index (χ1n) is 4.65. The van der Waals surface area contributed by atoms with Crippen LogP contribution in [0.2, 0.25) is 0 Å². The second-order valence-corrected chi connectivity index (χ2v) is 2.48. The van der Waals surface area contributed by atoms with Crippen LogP contribution in [-0.2, 0) is 9.57 Å². The Kier molecular flexibility index (Phi) is 6.89. The van der Waals surface area contributed by atoms with Gasteiger partial charge in [-0.05, 0) is 12.2 Å². The first kappa shape index (κ1) is 11.8. The molecule has 0 fully saturated rings. The molecule has 3 rings (SSSR count). The molecule has 3 heterocycles. The summed E-state index contributed by atoms with van der Waals surface area (Å²) >= 11 is 0. The molecule has 6 heteroatoms. The molecule has 0 amide bonds. The Morgan fingerprint density at radius 1 is 1.25 bits per heavy atom. The maximum Gasteiger partial charge on any atom is 0.180 e. The summed E-state index contributed by atoms with van der Waals surface area (Å²) in [6.07, 6.45) is 12.9. The number of allylic oxidation sites excluding steroid dienone is 2. The van der Waals surface area contributed by atoms with Gasteiger partial charge in [-0.15, -0.1) is 0 Å². The number of oxazole rings is 1. The van der Waals surface area contributed by atoms with E-state index in [9.17, 15) is 0 Å². The van der Waals surface area contributed by atoms with Gasteiger partial charge in [0.25, 0.3) is 0 Å². The Morgan fingerprint density at radius 3 is 2.44 bits per heavy atom. The molecule has 2 aliphatic rings. The minimum absolute atomic E-state index is 0.778. The number of aliphatic imine (C=N–C) groups is 1. The summed E-state index contributed by atoms with van der Waals surface area (Å²) in [5, 5.41) is 0. The van der Waals surface area contributed by atoms with Crippen LogP contribution in [0, 0.1) is 0 Å². The van der Waals surface area contributed by atoms with E-state index in [-0.39, 0.29) is 0 Å². The molecule has 1 aromatic heterocycles. The first-order chi connectivity index (χ1) is 8.00. The van der Waals surface area contributed by atoms with Gasteiger partial charge in [-0.1, -0.05) is 0 Å².